The van der Waals surface area contributed by atoms with Gasteiger partial charge >= 0.3 is 0 Å². The molecule has 0 radical (unpaired) electrons. The van der Waals surface area contributed by atoms with Crippen LogP contribution in [-0.4, -0.2) is 16.9 Å². The van der Waals surface area contributed by atoms with Gasteiger partial charge in [-0.25, -0.2) is 0 Å². The van der Waals surface area contributed by atoms with Gasteiger partial charge in [-0.3, -0.25) is 14.9 Å². The molecule has 0 aliphatic carbocycles. The van der Waals surface area contributed by atoms with Gasteiger partial charge in [0.2, 0.25) is 5.91 Å². The van der Waals surface area contributed by atoms with Crippen LogP contribution in [0.1, 0.15) is 17.3 Å². The SMILES string of the molecule is CC(=O)Nc1cccc(NC(=S)NC(=O)c2ccc(-c3ccccc3)cc2)c1. The molecule has 3 rings (SSSR count). The quantitative estimate of drug-likeness (QED) is 0.577. The van der Waals surface area contributed by atoms with Gasteiger partial charge in [0.05, 0.1) is 0 Å². The number of benzene rings is 3. The van der Waals surface area contributed by atoms with E-state index < -0.39 is 0 Å². The second kappa shape index (κ2) is 8.92. The van der Waals surface area contributed by atoms with Crippen LogP contribution >= 0.6 is 12.2 Å². The van der Waals surface area contributed by atoms with E-state index in [2.05, 4.69) is 16.0 Å². The van der Waals surface area contributed by atoms with Crippen molar-refractivity contribution in [3.8, 4) is 11.1 Å². The van der Waals surface area contributed by atoms with Gasteiger partial charge in [0.25, 0.3) is 5.91 Å². The van der Waals surface area contributed by atoms with Crippen LogP contribution in [0.2, 0.25) is 0 Å². The third kappa shape index (κ3) is 5.25. The lowest BCUT2D eigenvalue weighted by atomic mass is 10.0. The van der Waals surface area contributed by atoms with E-state index in [0.717, 1.165) is 11.1 Å². The maximum absolute atomic E-state index is 12.4. The molecule has 0 unspecified atom stereocenters. The molecule has 0 atom stereocenters. The van der Waals surface area contributed by atoms with Crippen molar-refractivity contribution in [3.05, 3.63) is 84.4 Å². The number of anilines is 2. The Bertz CT molecular complexity index is 1000. The van der Waals surface area contributed by atoms with Crippen molar-refractivity contribution in [2.45, 2.75) is 6.92 Å². The van der Waals surface area contributed by atoms with Gasteiger partial charge in [-0.2, -0.15) is 0 Å². The summed E-state index contributed by atoms with van der Waals surface area (Å²) >= 11 is 5.22. The number of thiocarbonyl (C=S) groups is 1. The highest BCUT2D eigenvalue weighted by atomic mass is 32.1. The lowest BCUT2D eigenvalue weighted by Gasteiger charge is -2.11. The molecule has 0 heterocycles. The molecular weight excluding hydrogens is 370 g/mol. The zero-order valence-electron chi connectivity index (χ0n) is 15.2. The van der Waals surface area contributed by atoms with E-state index in [-0.39, 0.29) is 16.9 Å². The molecule has 2 amide bonds. The van der Waals surface area contributed by atoms with Crippen LogP contribution in [0.3, 0.4) is 0 Å². The van der Waals surface area contributed by atoms with Crippen LogP contribution in [-0.2, 0) is 4.79 Å². The number of hydrogen-bond acceptors (Lipinski definition) is 3. The molecule has 140 valence electrons. The fourth-order valence-corrected chi connectivity index (χ4v) is 2.87. The number of hydrogen-bond donors (Lipinski definition) is 3. The zero-order valence-corrected chi connectivity index (χ0v) is 16.0. The van der Waals surface area contributed by atoms with E-state index in [9.17, 15) is 9.59 Å². The summed E-state index contributed by atoms with van der Waals surface area (Å²) in [6.45, 7) is 1.44. The van der Waals surface area contributed by atoms with Crippen molar-refractivity contribution in [3.63, 3.8) is 0 Å². The van der Waals surface area contributed by atoms with E-state index >= 15 is 0 Å². The van der Waals surface area contributed by atoms with Crippen molar-refractivity contribution in [1.82, 2.24) is 5.32 Å². The molecule has 3 N–H and O–H groups in total. The highest BCUT2D eigenvalue weighted by molar-refractivity contribution is 7.80. The second-order valence-corrected chi connectivity index (χ2v) is 6.52. The zero-order chi connectivity index (χ0) is 19.9. The average Bonchev–Trinajstić information content (AvgIpc) is 2.68. The van der Waals surface area contributed by atoms with Gasteiger partial charge in [-0.05, 0) is 53.7 Å². The molecule has 5 nitrogen and oxygen atoms in total. The Morgan fingerprint density at radius 2 is 1.36 bits per heavy atom. The number of nitrogens with one attached hydrogen (secondary N) is 3. The van der Waals surface area contributed by atoms with Gasteiger partial charge in [0.1, 0.15) is 0 Å². The normalized spacial score (nSPS) is 10.0. The molecule has 28 heavy (non-hydrogen) atoms. The van der Waals surface area contributed by atoms with Crippen molar-refractivity contribution < 1.29 is 9.59 Å². The first-order valence-corrected chi connectivity index (χ1v) is 9.07. The molecule has 0 aliphatic rings. The van der Waals surface area contributed by atoms with E-state index in [4.69, 9.17) is 12.2 Å². The summed E-state index contributed by atoms with van der Waals surface area (Å²) in [5.41, 5.74) is 3.94. The summed E-state index contributed by atoms with van der Waals surface area (Å²) < 4.78 is 0. The molecule has 0 aliphatic heterocycles. The number of carbonyl (C=O) groups is 2. The average molecular weight is 389 g/mol. The van der Waals surface area contributed by atoms with Crippen molar-refractivity contribution in [2.24, 2.45) is 0 Å². The third-order valence-corrected chi connectivity index (χ3v) is 4.13. The Kier molecular flexibility index (Phi) is 6.14. The summed E-state index contributed by atoms with van der Waals surface area (Å²) in [7, 11) is 0. The number of rotatable bonds is 4. The van der Waals surface area contributed by atoms with Crippen LogP contribution in [0, 0.1) is 0 Å². The fourth-order valence-electron chi connectivity index (χ4n) is 2.66. The van der Waals surface area contributed by atoms with E-state index in [0.29, 0.717) is 16.9 Å². The highest BCUT2D eigenvalue weighted by Crippen LogP contribution is 2.19. The van der Waals surface area contributed by atoms with Crippen LogP contribution in [0.25, 0.3) is 11.1 Å². The molecule has 0 fully saturated rings. The lowest BCUT2D eigenvalue weighted by molar-refractivity contribution is -0.114. The monoisotopic (exact) mass is 389 g/mol. The van der Waals surface area contributed by atoms with Crippen LogP contribution in [0.4, 0.5) is 11.4 Å². The minimum absolute atomic E-state index is 0.160. The predicted molar refractivity (Wildman–Crippen MR) is 116 cm³/mol. The smallest absolute Gasteiger partial charge is 0.257 e. The van der Waals surface area contributed by atoms with E-state index in [1.54, 1.807) is 36.4 Å². The van der Waals surface area contributed by atoms with Gasteiger partial charge in [-0.1, -0.05) is 48.5 Å². The Morgan fingerprint density at radius 1 is 0.750 bits per heavy atom. The second-order valence-electron chi connectivity index (χ2n) is 6.11. The summed E-state index contributed by atoms with van der Waals surface area (Å²) in [4.78, 5) is 23.6. The van der Waals surface area contributed by atoms with Crippen LogP contribution in [0.15, 0.2) is 78.9 Å². The van der Waals surface area contributed by atoms with E-state index in [1.807, 2.05) is 42.5 Å². The maximum Gasteiger partial charge on any atom is 0.257 e. The summed E-state index contributed by atoms with van der Waals surface area (Å²) in [6.07, 6.45) is 0. The highest BCUT2D eigenvalue weighted by Gasteiger charge is 2.09. The van der Waals surface area contributed by atoms with Gasteiger partial charge in [0.15, 0.2) is 5.11 Å². The van der Waals surface area contributed by atoms with Crippen LogP contribution in [0.5, 0.6) is 0 Å². The lowest BCUT2D eigenvalue weighted by Crippen LogP contribution is -2.34. The maximum atomic E-state index is 12.4. The molecule has 0 aromatic heterocycles. The van der Waals surface area contributed by atoms with Crippen LogP contribution < -0.4 is 16.0 Å². The molecule has 3 aromatic carbocycles. The van der Waals surface area contributed by atoms with E-state index in [1.165, 1.54) is 6.92 Å². The number of amides is 2. The first-order valence-electron chi connectivity index (χ1n) is 8.67. The number of carbonyl (C=O) groups excluding carboxylic acids is 2. The summed E-state index contributed by atoms with van der Waals surface area (Å²) in [6, 6.07) is 24.3. The predicted octanol–water partition coefficient (Wildman–Crippen LogP) is 4.44. The Balaban J connectivity index is 1.61. The fraction of sp³-hybridized carbons (Fsp3) is 0.0455. The Morgan fingerprint density at radius 3 is 2.00 bits per heavy atom. The summed E-state index contributed by atoms with van der Waals surface area (Å²) in [5, 5.41) is 8.47. The standard InChI is InChI=1S/C22H19N3O2S/c1-15(26)23-19-8-5-9-20(14-19)24-22(28)25-21(27)18-12-10-17(11-13-18)16-6-3-2-4-7-16/h2-14H,1H3,(H,23,26)(H2,24,25,27,28). The molecule has 0 spiro atoms. The molecule has 6 heteroatoms. The first kappa shape index (κ1) is 19.3. The van der Waals surface area contributed by atoms with Crippen molar-refractivity contribution >= 4 is 40.5 Å². The third-order valence-electron chi connectivity index (χ3n) is 3.92. The first-order chi connectivity index (χ1) is 13.5. The minimum atomic E-state index is -0.296. The molecule has 3 aromatic rings. The largest absolute Gasteiger partial charge is 0.332 e. The Labute approximate surface area is 168 Å². The molecule has 0 saturated carbocycles. The van der Waals surface area contributed by atoms with Gasteiger partial charge in [0, 0.05) is 23.9 Å². The van der Waals surface area contributed by atoms with Crippen molar-refractivity contribution in [2.75, 3.05) is 10.6 Å². The topological polar surface area (TPSA) is 70.2 Å². The van der Waals surface area contributed by atoms with Crippen molar-refractivity contribution in [1.29, 1.82) is 0 Å². The summed E-state index contributed by atoms with van der Waals surface area (Å²) in [5.74, 6) is -0.456. The Hall–Kier alpha value is -3.51. The molecular formula is C22H19N3O2S. The molecule has 0 bridgehead atoms. The van der Waals surface area contributed by atoms with Gasteiger partial charge < -0.3 is 10.6 Å². The molecule has 0 saturated heterocycles. The van der Waals surface area contributed by atoms with Gasteiger partial charge in [-0.15, -0.1) is 0 Å². The minimum Gasteiger partial charge on any atom is -0.332 e.